The van der Waals surface area contributed by atoms with E-state index in [0.29, 0.717) is 6.61 Å². The van der Waals surface area contributed by atoms with Gasteiger partial charge in [-0.2, -0.15) is 0 Å². The fourth-order valence-corrected chi connectivity index (χ4v) is 3.47. The minimum atomic E-state index is 0.124. The number of carbonyl (C=O) groups excluding carboxylic acids is 1. The first-order chi connectivity index (χ1) is 11.2. The third kappa shape index (κ3) is 2.71. The van der Waals surface area contributed by atoms with Crippen LogP contribution in [-0.2, 0) is 9.53 Å². The molecule has 0 spiro atoms. The maximum absolute atomic E-state index is 12.5. The molecule has 0 bridgehead atoms. The van der Waals surface area contributed by atoms with E-state index in [1.165, 1.54) is 5.56 Å². The summed E-state index contributed by atoms with van der Waals surface area (Å²) >= 11 is 0. The molecule has 2 aliphatic rings. The minimum absolute atomic E-state index is 0.124. The van der Waals surface area contributed by atoms with Gasteiger partial charge in [0.25, 0.3) is 5.91 Å². The predicted octanol–water partition coefficient (Wildman–Crippen LogP) is 2.88. The summed E-state index contributed by atoms with van der Waals surface area (Å²) in [6.07, 6.45) is 4.43. The second-order valence-corrected chi connectivity index (χ2v) is 6.50. The van der Waals surface area contributed by atoms with Gasteiger partial charge in [0.15, 0.2) is 0 Å². The lowest BCUT2D eigenvalue weighted by Gasteiger charge is -2.32. The first-order valence-corrected chi connectivity index (χ1v) is 8.27. The summed E-state index contributed by atoms with van der Waals surface area (Å²) in [5.41, 5.74) is 4.10. The number of rotatable bonds is 2. The number of hydrogen-bond donors (Lipinski definition) is 1. The highest BCUT2D eigenvalue weighted by Crippen LogP contribution is 2.28. The number of amides is 1. The molecular formula is C18H21N3O2. The first-order valence-electron chi connectivity index (χ1n) is 8.27. The molecule has 4 rings (SSSR count). The number of fused-ring (bicyclic) bond motifs is 1. The zero-order valence-corrected chi connectivity index (χ0v) is 13.3. The van der Waals surface area contributed by atoms with Crippen molar-refractivity contribution in [3.8, 4) is 0 Å². The number of benzene rings is 1. The first kappa shape index (κ1) is 14.3. The molecule has 1 saturated heterocycles. The fourth-order valence-electron chi connectivity index (χ4n) is 3.47. The quantitative estimate of drug-likeness (QED) is 0.928. The van der Waals surface area contributed by atoms with E-state index in [1.807, 2.05) is 4.90 Å². The molecule has 3 heterocycles. The van der Waals surface area contributed by atoms with Crippen LogP contribution in [0.4, 0.5) is 0 Å². The van der Waals surface area contributed by atoms with Gasteiger partial charge in [0.1, 0.15) is 5.82 Å². The molecule has 0 aliphatic carbocycles. The Balaban J connectivity index is 1.55. The Kier molecular flexibility index (Phi) is 3.56. The average molecular weight is 311 g/mol. The largest absolute Gasteiger partial charge is 0.500 e. The van der Waals surface area contributed by atoms with Crippen molar-refractivity contribution in [2.24, 2.45) is 0 Å². The highest BCUT2D eigenvalue weighted by molar-refractivity contribution is 5.93. The van der Waals surface area contributed by atoms with Crippen LogP contribution >= 0.6 is 0 Å². The van der Waals surface area contributed by atoms with E-state index in [9.17, 15) is 4.79 Å². The number of piperidine rings is 1. The van der Waals surface area contributed by atoms with E-state index in [1.54, 1.807) is 6.26 Å². The van der Waals surface area contributed by atoms with Crippen molar-refractivity contribution < 1.29 is 9.53 Å². The molecule has 120 valence electrons. The van der Waals surface area contributed by atoms with Gasteiger partial charge in [0, 0.05) is 25.4 Å². The summed E-state index contributed by atoms with van der Waals surface area (Å²) in [6, 6.07) is 6.26. The lowest BCUT2D eigenvalue weighted by Crippen LogP contribution is -2.40. The number of nitrogens with one attached hydrogen (secondary N) is 1. The van der Waals surface area contributed by atoms with Gasteiger partial charge in [-0.25, -0.2) is 4.98 Å². The molecule has 1 fully saturated rings. The summed E-state index contributed by atoms with van der Waals surface area (Å²) in [7, 11) is 0. The maximum atomic E-state index is 12.5. The minimum Gasteiger partial charge on any atom is -0.500 e. The summed E-state index contributed by atoms with van der Waals surface area (Å²) in [6.45, 7) is 4.26. The van der Waals surface area contributed by atoms with Gasteiger partial charge in [-0.3, -0.25) is 4.79 Å². The van der Waals surface area contributed by atoms with Crippen molar-refractivity contribution in [2.75, 3.05) is 19.7 Å². The SMILES string of the molecule is Cc1ccc2nc([C@H]3CCCN(C(=O)C4=COCC4)C3)[nH]c2c1. The third-order valence-corrected chi connectivity index (χ3v) is 4.74. The highest BCUT2D eigenvalue weighted by Gasteiger charge is 2.29. The number of likely N-dealkylation sites (tertiary alicyclic amines) is 1. The van der Waals surface area contributed by atoms with Crippen molar-refractivity contribution in [1.82, 2.24) is 14.9 Å². The molecule has 1 N–H and O–H groups in total. The van der Waals surface area contributed by atoms with Crippen LogP contribution in [0.5, 0.6) is 0 Å². The van der Waals surface area contributed by atoms with Gasteiger partial charge in [-0.1, -0.05) is 6.07 Å². The summed E-state index contributed by atoms with van der Waals surface area (Å²) in [5.74, 6) is 1.40. The second kappa shape index (κ2) is 5.72. The van der Waals surface area contributed by atoms with Crippen molar-refractivity contribution in [3.63, 3.8) is 0 Å². The van der Waals surface area contributed by atoms with Crippen LogP contribution in [0.1, 0.15) is 36.6 Å². The van der Waals surface area contributed by atoms with Crippen LogP contribution in [0.15, 0.2) is 30.0 Å². The Labute approximate surface area is 135 Å². The van der Waals surface area contributed by atoms with Crippen molar-refractivity contribution in [1.29, 1.82) is 0 Å². The van der Waals surface area contributed by atoms with E-state index in [0.717, 1.165) is 54.8 Å². The lowest BCUT2D eigenvalue weighted by atomic mass is 9.96. The van der Waals surface area contributed by atoms with Gasteiger partial charge in [0.2, 0.25) is 0 Å². The summed E-state index contributed by atoms with van der Waals surface area (Å²) < 4.78 is 5.20. The number of aromatic amines is 1. The van der Waals surface area contributed by atoms with Crippen LogP contribution in [0.25, 0.3) is 11.0 Å². The third-order valence-electron chi connectivity index (χ3n) is 4.74. The number of nitrogens with zero attached hydrogens (tertiary/aromatic N) is 2. The fraction of sp³-hybridized carbons (Fsp3) is 0.444. The predicted molar refractivity (Wildman–Crippen MR) is 88.0 cm³/mol. The smallest absolute Gasteiger partial charge is 0.253 e. The van der Waals surface area contributed by atoms with Crippen molar-refractivity contribution in [2.45, 2.75) is 32.1 Å². The van der Waals surface area contributed by atoms with Crippen molar-refractivity contribution in [3.05, 3.63) is 41.4 Å². The Morgan fingerprint density at radius 3 is 3.17 bits per heavy atom. The Hall–Kier alpha value is -2.30. The normalized spacial score (nSPS) is 21.3. The van der Waals surface area contributed by atoms with E-state index in [-0.39, 0.29) is 11.8 Å². The molecular weight excluding hydrogens is 290 g/mol. The monoisotopic (exact) mass is 311 g/mol. The number of carbonyl (C=O) groups is 1. The molecule has 23 heavy (non-hydrogen) atoms. The van der Waals surface area contributed by atoms with E-state index < -0.39 is 0 Å². The van der Waals surface area contributed by atoms with E-state index >= 15 is 0 Å². The molecule has 1 aromatic carbocycles. The Morgan fingerprint density at radius 2 is 2.35 bits per heavy atom. The molecule has 5 nitrogen and oxygen atoms in total. The molecule has 1 atom stereocenters. The lowest BCUT2D eigenvalue weighted by molar-refractivity contribution is -0.128. The molecule has 5 heteroatoms. The molecule has 1 aromatic heterocycles. The van der Waals surface area contributed by atoms with Crippen LogP contribution in [0, 0.1) is 6.92 Å². The maximum Gasteiger partial charge on any atom is 0.253 e. The molecule has 2 aliphatic heterocycles. The van der Waals surface area contributed by atoms with Gasteiger partial charge < -0.3 is 14.6 Å². The van der Waals surface area contributed by atoms with E-state index in [4.69, 9.17) is 9.72 Å². The number of aromatic nitrogens is 2. The number of ether oxygens (including phenoxy) is 1. The zero-order valence-electron chi connectivity index (χ0n) is 13.3. The van der Waals surface area contributed by atoms with Crippen molar-refractivity contribution >= 4 is 16.9 Å². The van der Waals surface area contributed by atoms with Crippen LogP contribution in [0.2, 0.25) is 0 Å². The number of H-pyrrole nitrogens is 1. The van der Waals surface area contributed by atoms with Gasteiger partial charge >= 0.3 is 0 Å². The Morgan fingerprint density at radius 1 is 1.43 bits per heavy atom. The van der Waals surface area contributed by atoms with Crippen LogP contribution in [0.3, 0.4) is 0 Å². The molecule has 2 aromatic rings. The number of aryl methyl sites for hydroxylation is 1. The zero-order chi connectivity index (χ0) is 15.8. The van der Waals surface area contributed by atoms with Crippen LogP contribution in [-0.4, -0.2) is 40.5 Å². The Bertz CT molecular complexity index is 778. The van der Waals surface area contributed by atoms with Gasteiger partial charge in [-0.05, 0) is 37.5 Å². The molecule has 0 saturated carbocycles. The van der Waals surface area contributed by atoms with Gasteiger partial charge in [-0.15, -0.1) is 0 Å². The molecule has 0 unspecified atom stereocenters. The van der Waals surface area contributed by atoms with E-state index in [2.05, 4.69) is 30.1 Å². The summed E-state index contributed by atoms with van der Waals surface area (Å²) in [5, 5.41) is 0. The molecule has 0 radical (unpaired) electrons. The van der Waals surface area contributed by atoms with Gasteiger partial charge in [0.05, 0.1) is 29.5 Å². The summed E-state index contributed by atoms with van der Waals surface area (Å²) in [4.78, 5) is 22.7. The topological polar surface area (TPSA) is 58.2 Å². The second-order valence-electron chi connectivity index (χ2n) is 6.50. The standard InChI is InChI=1S/C18H21N3O2/c1-12-4-5-15-16(9-12)20-17(19-15)13-3-2-7-21(10-13)18(22)14-6-8-23-11-14/h4-5,9,11,13H,2-3,6-8,10H2,1H3,(H,19,20)/t13-/m0/s1. The average Bonchev–Trinajstić information content (AvgIpc) is 3.23. The number of imidazole rings is 1. The van der Waals surface area contributed by atoms with Crippen LogP contribution < -0.4 is 0 Å². The highest BCUT2D eigenvalue weighted by atomic mass is 16.5. The number of hydrogen-bond acceptors (Lipinski definition) is 3. The molecule has 1 amide bonds.